The van der Waals surface area contributed by atoms with Crippen molar-refractivity contribution < 1.29 is 13.2 Å². The molecule has 0 bridgehead atoms. The van der Waals surface area contributed by atoms with Gasteiger partial charge in [-0.3, -0.25) is 0 Å². The van der Waals surface area contributed by atoms with Crippen molar-refractivity contribution in [1.29, 1.82) is 0 Å². The summed E-state index contributed by atoms with van der Waals surface area (Å²) < 4.78 is 25.5. The maximum atomic E-state index is 11.8. The molecule has 6 heteroatoms. The Bertz CT molecular complexity index is 585. The summed E-state index contributed by atoms with van der Waals surface area (Å²) in [6.07, 6.45) is 0. The number of urea groups is 1. The van der Waals surface area contributed by atoms with E-state index in [1.807, 2.05) is 31.6 Å². The number of hydrogen-bond donors (Lipinski definition) is 2. The third-order valence-corrected chi connectivity index (χ3v) is 3.98. The van der Waals surface area contributed by atoms with E-state index in [4.69, 9.17) is 0 Å². The van der Waals surface area contributed by atoms with Gasteiger partial charge in [-0.15, -0.1) is 0 Å². The lowest BCUT2D eigenvalue weighted by atomic mass is 9.87. The molecule has 0 aromatic heterocycles. The SMILES string of the molecule is CC(C)(C)c1ccc2c(c1)S(=O)(=O)NC(=O)N2. The second-order valence-electron chi connectivity index (χ2n) is 5.02. The fourth-order valence-corrected chi connectivity index (χ4v) is 2.74. The smallest absolute Gasteiger partial charge is 0.306 e. The predicted octanol–water partition coefficient (Wildman–Crippen LogP) is 1.81. The van der Waals surface area contributed by atoms with E-state index in [9.17, 15) is 13.2 Å². The monoisotopic (exact) mass is 254 g/mol. The topological polar surface area (TPSA) is 75.3 Å². The minimum Gasteiger partial charge on any atom is -0.306 e. The van der Waals surface area contributed by atoms with Gasteiger partial charge in [0.15, 0.2) is 0 Å². The fraction of sp³-hybridized carbons (Fsp3) is 0.364. The van der Waals surface area contributed by atoms with Crippen molar-refractivity contribution in [3.8, 4) is 0 Å². The first-order valence-corrected chi connectivity index (χ1v) is 6.67. The molecule has 0 radical (unpaired) electrons. The molecular weight excluding hydrogens is 240 g/mol. The summed E-state index contributed by atoms with van der Waals surface area (Å²) in [5, 5.41) is 2.46. The second-order valence-corrected chi connectivity index (χ2v) is 6.67. The second kappa shape index (κ2) is 3.46. The van der Waals surface area contributed by atoms with Crippen LogP contribution in [0.25, 0.3) is 0 Å². The highest BCUT2D eigenvalue weighted by atomic mass is 32.2. The molecular formula is C11H14N2O3S. The Morgan fingerprint density at radius 2 is 1.82 bits per heavy atom. The predicted molar refractivity (Wildman–Crippen MR) is 64.5 cm³/mol. The maximum Gasteiger partial charge on any atom is 0.333 e. The van der Waals surface area contributed by atoms with Crippen LogP contribution in [0.2, 0.25) is 0 Å². The lowest BCUT2D eigenvalue weighted by molar-refractivity contribution is 0.256. The van der Waals surface area contributed by atoms with Crippen LogP contribution in [0, 0.1) is 0 Å². The summed E-state index contributed by atoms with van der Waals surface area (Å²) in [5.74, 6) is 0. The normalized spacial score (nSPS) is 17.9. The lowest BCUT2D eigenvalue weighted by Crippen LogP contribution is -2.39. The van der Waals surface area contributed by atoms with E-state index in [0.29, 0.717) is 5.69 Å². The lowest BCUT2D eigenvalue weighted by Gasteiger charge is -2.23. The zero-order valence-corrected chi connectivity index (χ0v) is 10.7. The Morgan fingerprint density at radius 1 is 1.18 bits per heavy atom. The van der Waals surface area contributed by atoms with E-state index < -0.39 is 16.1 Å². The van der Waals surface area contributed by atoms with E-state index in [1.165, 1.54) is 0 Å². The van der Waals surface area contributed by atoms with Crippen molar-refractivity contribution in [3.05, 3.63) is 23.8 Å². The van der Waals surface area contributed by atoms with Crippen molar-refractivity contribution in [1.82, 2.24) is 4.72 Å². The summed E-state index contributed by atoms with van der Waals surface area (Å²) >= 11 is 0. The van der Waals surface area contributed by atoms with Crippen LogP contribution < -0.4 is 10.0 Å². The molecule has 0 aliphatic carbocycles. The molecule has 17 heavy (non-hydrogen) atoms. The number of anilines is 1. The number of carbonyl (C=O) groups is 1. The summed E-state index contributed by atoms with van der Waals surface area (Å²) in [6, 6.07) is 4.31. The summed E-state index contributed by atoms with van der Waals surface area (Å²) in [7, 11) is -3.74. The molecule has 2 amide bonds. The number of nitrogens with one attached hydrogen (secondary N) is 2. The van der Waals surface area contributed by atoms with Gasteiger partial charge in [0.25, 0.3) is 10.0 Å². The molecule has 1 aromatic carbocycles. The Labute approximate surface area is 100 Å². The van der Waals surface area contributed by atoms with Crippen LogP contribution in [0.3, 0.4) is 0 Å². The molecule has 1 aromatic rings. The van der Waals surface area contributed by atoms with Gasteiger partial charge in [-0.2, -0.15) is 0 Å². The summed E-state index contributed by atoms with van der Waals surface area (Å²) in [4.78, 5) is 11.2. The van der Waals surface area contributed by atoms with E-state index in [2.05, 4.69) is 5.32 Å². The number of sulfonamides is 1. The molecule has 0 atom stereocenters. The van der Waals surface area contributed by atoms with Crippen molar-refractivity contribution in [2.75, 3.05) is 5.32 Å². The highest BCUT2D eigenvalue weighted by molar-refractivity contribution is 7.90. The zero-order valence-electron chi connectivity index (χ0n) is 9.87. The van der Waals surface area contributed by atoms with Gasteiger partial charge in [0.2, 0.25) is 0 Å². The Morgan fingerprint density at radius 3 is 2.41 bits per heavy atom. The number of carbonyl (C=O) groups excluding carboxylic acids is 1. The van der Waals surface area contributed by atoms with Crippen LogP contribution in [0.15, 0.2) is 23.1 Å². The quantitative estimate of drug-likeness (QED) is 0.741. The van der Waals surface area contributed by atoms with Crippen molar-refractivity contribution in [3.63, 3.8) is 0 Å². The Hall–Kier alpha value is -1.56. The van der Waals surface area contributed by atoms with Crippen LogP contribution in [0.5, 0.6) is 0 Å². The summed E-state index contributed by atoms with van der Waals surface area (Å²) in [6.45, 7) is 5.99. The molecule has 0 saturated heterocycles. The van der Waals surface area contributed by atoms with E-state index in [-0.39, 0.29) is 10.3 Å². The molecule has 1 aliphatic heterocycles. The largest absolute Gasteiger partial charge is 0.333 e. The van der Waals surface area contributed by atoms with Crippen molar-refractivity contribution in [2.45, 2.75) is 31.1 Å². The average Bonchev–Trinajstić information content (AvgIpc) is 2.13. The van der Waals surface area contributed by atoms with Crippen LogP contribution in [-0.4, -0.2) is 14.4 Å². The van der Waals surface area contributed by atoms with Gasteiger partial charge in [0.1, 0.15) is 4.90 Å². The Kier molecular flexibility index (Phi) is 2.43. The molecule has 2 N–H and O–H groups in total. The molecule has 92 valence electrons. The highest BCUT2D eigenvalue weighted by Gasteiger charge is 2.29. The van der Waals surface area contributed by atoms with Gasteiger partial charge in [-0.25, -0.2) is 17.9 Å². The third-order valence-electron chi connectivity index (χ3n) is 2.61. The van der Waals surface area contributed by atoms with E-state index in [1.54, 1.807) is 12.1 Å². The van der Waals surface area contributed by atoms with Gasteiger partial charge >= 0.3 is 6.03 Å². The van der Waals surface area contributed by atoms with E-state index >= 15 is 0 Å². The Balaban J connectivity index is 2.64. The van der Waals surface area contributed by atoms with Gasteiger partial charge in [-0.05, 0) is 23.1 Å². The molecule has 0 fully saturated rings. The van der Waals surface area contributed by atoms with Crippen molar-refractivity contribution >= 4 is 21.7 Å². The van der Waals surface area contributed by atoms with E-state index in [0.717, 1.165) is 5.56 Å². The van der Waals surface area contributed by atoms with Gasteiger partial charge in [0.05, 0.1) is 5.69 Å². The molecule has 0 saturated carbocycles. The van der Waals surface area contributed by atoms with Crippen LogP contribution in [0.1, 0.15) is 26.3 Å². The number of amides is 2. The first-order valence-electron chi connectivity index (χ1n) is 5.18. The molecule has 0 unspecified atom stereocenters. The zero-order chi connectivity index (χ0) is 12.8. The summed E-state index contributed by atoms with van der Waals surface area (Å²) in [5.41, 5.74) is 1.07. The molecule has 1 heterocycles. The van der Waals surface area contributed by atoms with Gasteiger partial charge in [0, 0.05) is 0 Å². The number of hydrogen-bond acceptors (Lipinski definition) is 3. The van der Waals surface area contributed by atoms with Gasteiger partial charge < -0.3 is 5.32 Å². The minimum atomic E-state index is -3.74. The standard InChI is InChI=1S/C11H14N2O3S/c1-11(2,3)7-4-5-8-9(6-7)17(15,16)13-10(14)12-8/h4-6H,1-3H3,(H2,12,13,14). The number of fused-ring (bicyclic) bond motifs is 1. The van der Waals surface area contributed by atoms with Crippen LogP contribution in [-0.2, 0) is 15.4 Å². The number of benzene rings is 1. The third kappa shape index (κ3) is 2.12. The average molecular weight is 254 g/mol. The number of rotatable bonds is 0. The van der Waals surface area contributed by atoms with Crippen LogP contribution >= 0.6 is 0 Å². The minimum absolute atomic E-state index is 0.115. The first kappa shape index (κ1) is 11.9. The fourth-order valence-electron chi connectivity index (χ4n) is 1.64. The first-order chi connectivity index (χ1) is 7.70. The maximum absolute atomic E-state index is 11.8. The van der Waals surface area contributed by atoms with Crippen molar-refractivity contribution in [2.24, 2.45) is 0 Å². The molecule has 2 rings (SSSR count). The molecule has 1 aliphatic rings. The van der Waals surface area contributed by atoms with Gasteiger partial charge in [-0.1, -0.05) is 26.8 Å². The molecule has 0 spiro atoms. The highest BCUT2D eigenvalue weighted by Crippen LogP contribution is 2.30. The molecule has 5 nitrogen and oxygen atoms in total. The van der Waals surface area contributed by atoms with Crippen LogP contribution in [0.4, 0.5) is 10.5 Å².